The van der Waals surface area contributed by atoms with Gasteiger partial charge in [0.05, 0.1) is 5.92 Å². The molecule has 1 aromatic heterocycles. The largest absolute Gasteiger partial charge is 0.338 e. The van der Waals surface area contributed by atoms with E-state index in [9.17, 15) is 18.8 Å². The first-order chi connectivity index (χ1) is 15.4. The Morgan fingerprint density at radius 1 is 1.03 bits per heavy atom. The smallest absolute Gasteiger partial charge is 0.253 e. The fraction of sp³-hybridized carbons (Fsp3) is 0.250. The highest BCUT2D eigenvalue weighted by molar-refractivity contribution is 6.07. The second-order valence-electron chi connectivity index (χ2n) is 7.85. The molecule has 1 atom stereocenters. The fourth-order valence-electron chi connectivity index (χ4n) is 3.81. The highest BCUT2D eigenvalue weighted by Crippen LogP contribution is 2.21. The monoisotopic (exact) mass is 434 g/mol. The first-order valence-electron chi connectivity index (χ1n) is 10.4. The second-order valence-corrected chi connectivity index (χ2v) is 7.85. The van der Waals surface area contributed by atoms with E-state index in [2.05, 4.69) is 10.3 Å². The summed E-state index contributed by atoms with van der Waals surface area (Å²) in [7, 11) is 1.75. The van der Waals surface area contributed by atoms with Gasteiger partial charge < -0.3 is 14.8 Å². The van der Waals surface area contributed by atoms with Crippen molar-refractivity contribution in [2.45, 2.75) is 12.8 Å². The van der Waals surface area contributed by atoms with Gasteiger partial charge in [-0.1, -0.05) is 0 Å². The molecule has 1 N–H and O–H groups in total. The van der Waals surface area contributed by atoms with Gasteiger partial charge in [-0.25, -0.2) is 9.37 Å². The number of hydrogen-bond acceptors (Lipinski definition) is 4. The molecule has 1 fully saturated rings. The third kappa shape index (κ3) is 4.59. The number of halogens is 1. The van der Waals surface area contributed by atoms with Gasteiger partial charge in [-0.2, -0.15) is 0 Å². The highest BCUT2D eigenvalue weighted by atomic mass is 19.1. The van der Waals surface area contributed by atoms with Crippen LogP contribution in [0.15, 0.2) is 60.9 Å². The SMILES string of the molecule is Cn1ccnc1C(=O)c1ccc(NC(=O)[C@H]2CCCN(C(=O)c3ccc(F)cc3)C2)cc1. The predicted molar refractivity (Wildman–Crippen MR) is 117 cm³/mol. The second kappa shape index (κ2) is 9.13. The van der Waals surface area contributed by atoms with Crippen molar-refractivity contribution in [2.75, 3.05) is 18.4 Å². The number of carbonyl (C=O) groups is 3. The number of ketones is 1. The van der Waals surface area contributed by atoms with Crippen LogP contribution in [-0.2, 0) is 11.8 Å². The summed E-state index contributed by atoms with van der Waals surface area (Å²) in [6.45, 7) is 0.863. The van der Waals surface area contributed by atoms with Crippen LogP contribution in [-0.4, -0.2) is 45.1 Å². The summed E-state index contributed by atoms with van der Waals surface area (Å²) in [6.07, 6.45) is 4.66. The number of piperidine rings is 1. The summed E-state index contributed by atoms with van der Waals surface area (Å²) >= 11 is 0. The van der Waals surface area contributed by atoms with Gasteiger partial charge in [0.1, 0.15) is 5.82 Å². The molecule has 1 aliphatic heterocycles. The summed E-state index contributed by atoms with van der Waals surface area (Å²) in [5.74, 6) is -0.982. The van der Waals surface area contributed by atoms with Crippen LogP contribution in [0.25, 0.3) is 0 Å². The molecule has 0 radical (unpaired) electrons. The van der Waals surface area contributed by atoms with Crippen molar-refractivity contribution in [3.63, 3.8) is 0 Å². The van der Waals surface area contributed by atoms with E-state index in [0.717, 1.165) is 0 Å². The van der Waals surface area contributed by atoms with Gasteiger partial charge in [0.2, 0.25) is 11.7 Å². The molecule has 0 aliphatic carbocycles. The Labute approximate surface area is 184 Å². The number of imidazole rings is 1. The average Bonchev–Trinajstić information content (AvgIpc) is 3.25. The Balaban J connectivity index is 1.38. The van der Waals surface area contributed by atoms with Crippen LogP contribution < -0.4 is 5.32 Å². The van der Waals surface area contributed by atoms with E-state index < -0.39 is 5.82 Å². The lowest BCUT2D eigenvalue weighted by atomic mass is 9.96. The number of rotatable bonds is 5. The van der Waals surface area contributed by atoms with Gasteiger partial charge in [-0.15, -0.1) is 0 Å². The molecule has 164 valence electrons. The third-order valence-electron chi connectivity index (χ3n) is 5.61. The van der Waals surface area contributed by atoms with Crippen molar-refractivity contribution < 1.29 is 18.8 Å². The highest BCUT2D eigenvalue weighted by Gasteiger charge is 2.29. The Morgan fingerprint density at radius 2 is 1.72 bits per heavy atom. The van der Waals surface area contributed by atoms with Crippen LogP contribution in [0.3, 0.4) is 0 Å². The quantitative estimate of drug-likeness (QED) is 0.625. The minimum atomic E-state index is -0.398. The lowest BCUT2D eigenvalue weighted by molar-refractivity contribution is -0.121. The Bertz CT molecular complexity index is 1140. The van der Waals surface area contributed by atoms with E-state index in [1.54, 1.807) is 53.2 Å². The van der Waals surface area contributed by atoms with Gasteiger partial charge in [-0.05, 0) is 61.4 Å². The van der Waals surface area contributed by atoms with E-state index in [1.165, 1.54) is 24.3 Å². The maximum Gasteiger partial charge on any atom is 0.253 e. The Kier molecular flexibility index (Phi) is 6.11. The van der Waals surface area contributed by atoms with E-state index >= 15 is 0 Å². The summed E-state index contributed by atoms with van der Waals surface area (Å²) in [5.41, 5.74) is 1.46. The number of likely N-dealkylation sites (tertiary alicyclic amines) is 1. The fourth-order valence-corrected chi connectivity index (χ4v) is 3.81. The maximum absolute atomic E-state index is 13.1. The summed E-state index contributed by atoms with van der Waals surface area (Å²) < 4.78 is 14.8. The first-order valence-corrected chi connectivity index (χ1v) is 10.4. The molecule has 2 aromatic carbocycles. The van der Waals surface area contributed by atoms with E-state index in [1.807, 2.05) is 0 Å². The van der Waals surface area contributed by atoms with Gasteiger partial charge in [0.25, 0.3) is 5.91 Å². The lowest BCUT2D eigenvalue weighted by Gasteiger charge is -2.32. The van der Waals surface area contributed by atoms with Gasteiger partial charge >= 0.3 is 0 Å². The molecule has 8 heteroatoms. The van der Waals surface area contributed by atoms with Crippen LogP contribution in [0.5, 0.6) is 0 Å². The first kappa shape index (κ1) is 21.4. The van der Waals surface area contributed by atoms with Crippen molar-refractivity contribution in [1.29, 1.82) is 0 Å². The number of carbonyl (C=O) groups excluding carboxylic acids is 3. The van der Waals surface area contributed by atoms with Crippen molar-refractivity contribution in [1.82, 2.24) is 14.5 Å². The lowest BCUT2D eigenvalue weighted by Crippen LogP contribution is -2.43. The number of benzene rings is 2. The number of hydrogen-bond donors (Lipinski definition) is 1. The van der Waals surface area contributed by atoms with Crippen LogP contribution >= 0.6 is 0 Å². The van der Waals surface area contributed by atoms with Gasteiger partial charge in [0, 0.05) is 49.3 Å². The topological polar surface area (TPSA) is 84.3 Å². The van der Waals surface area contributed by atoms with E-state index in [4.69, 9.17) is 0 Å². The summed E-state index contributed by atoms with van der Waals surface area (Å²) in [4.78, 5) is 43.7. The number of aryl methyl sites for hydroxylation is 1. The molecule has 0 spiro atoms. The van der Waals surface area contributed by atoms with Crippen LogP contribution in [0.1, 0.15) is 39.4 Å². The van der Waals surface area contributed by atoms with Crippen LogP contribution in [0.4, 0.5) is 10.1 Å². The summed E-state index contributed by atoms with van der Waals surface area (Å²) in [5, 5.41) is 2.87. The van der Waals surface area contributed by atoms with Gasteiger partial charge in [-0.3, -0.25) is 14.4 Å². The van der Waals surface area contributed by atoms with Crippen molar-refractivity contribution in [3.05, 3.63) is 83.7 Å². The molecule has 32 heavy (non-hydrogen) atoms. The van der Waals surface area contributed by atoms with Crippen molar-refractivity contribution in [2.24, 2.45) is 13.0 Å². The summed E-state index contributed by atoms with van der Waals surface area (Å²) in [6, 6.07) is 12.1. The normalized spacial score (nSPS) is 15.9. The number of nitrogens with zero attached hydrogens (tertiary/aromatic N) is 3. The zero-order chi connectivity index (χ0) is 22.7. The molecule has 2 amide bonds. The molecule has 2 heterocycles. The van der Waals surface area contributed by atoms with Crippen LogP contribution in [0.2, 0.25) is 0 Å². The zero-order valence-corrected chi connectivity index (χ0v) is 17.6. The van der Waals surface area contributed by atoms with Gasteiger partial charge in [0.15, 0.2) is 5.82 Å². The number of anilines is 1. The molecule has 0 saturated carbocycles. The number of nitrogens with one attached hydrogen (secondary N) is 1. The minimum absolute atomic E-state index is 0.176. The van der Waals surface area contributed by atoms with Crippen LogP contribution in [0, 0.1) is 11.7 Å². The molecule has 0 bridgehead atoms. The zero-order valence-electron chi connectivity index (χ0n) is 17.6. The molecular formula is C24H23FN4O3. The molecule has 1 aliphatic rings. The maximum atomic E-state index is 13.1. The Hall–Kier alpha value is -3.81. The molecule has 1 saturated heterocycles. The average molecular weight is 434 g/mol. The van der Waals surface area contributed by atoms with Crippen molar-refractivity contribution >= 4 is 23.3 Å². The molecule has 0 unspecified atom stereocenters. The minimum Gasteiger partial charge on any atom is -0.338 e. The molecule has 3 aromatic rings. The standard InChI is InChI=1S/C24H23FN4O3/c1-28-14-12-26-22(28)21(30)16-6-10-20(11-7-16)27-23(31)18-3-2-13-29(15-18)24(32)17-4-8-19(25)9-5-17/h4-12,14,18H,2-3,13,15H2,1H3,(H,27,31)/t18-/m0/s1. The van der Waals surface area contributed by atoms with E-state index in [0.29, 0.717) is 48.6 Å². The molecular weight excluding hydrogens is 411 g/mol. The third-order valence-corrected chi connectivity index (χ3v) is 5.61. The number of amides is 2. The van der Waals surface area contributed by atoms with E-state index in [-0.39, 0.29) is 23.5 Å². The molecule has 7 nitrogen and oxygen atoms in total. The number of aromatic nitrogens is 2. The van der Waals surface area contributed by atoms with Crippen molar-refractivity contribution in [3.8, 4) is 0 Å². The Morgan fingerprint density at radius 3 is 2.38 bits per heavy atom. The molecule has 4 rings (SSSR count). The predicted octanol–water partition coefficient (Wildman–Crippen LogP) is 3.28.